The number of amides is 4. The number of nitrogens with two attached hydrogens (primary N) is 1. The second kappa shape index (κ2) is 19.3. The number of aromatic nitrogens is 1. The van der Waals surface area contributed by atoms with Gasteiger partial charge in [0, 0.05) is 59.3 Å². The van der Waals surface area contributed by atoms with E-state index in [4.69, 9.17) is 24.7 Å². The van der Waals surface area contributed by atoms with Crippen molar-refractivity contribution in [3.8, 4) is 34.1 Å². The number of nitrogens with one attached hydrogen (secondary N) is 3. The summed E-state index contributed by atoms with van der Waals surface area (Å²) in [5.74, 6) is 1.04. The Morgan fingerprint density at radius 3 is 1.64 bits per heavy atom. The Kier molecular flexibility index (Phi) is 14.6. The summed E-state index contributed by atoms with van der Waals surface area (Å²) in [6.07, 6.45) is 3.50. The van der Waals surface area contributed by atoms with Crippen molar-refractivity contribution in [2.24, 2.45) is 5.73 Å². The molecule has 1 heterocycles. The van der Waals surface area contributed by atoms with E-state index in [1.807, 2.05) is 30.3 Å². The number of rotatable bonds is 14. The Morgan fingerprint density at radius 2 is 1.17 bits per heavy atom. The Hall–Kier alpha value is -6.89. The number of hydrogen-bond acceptors (Lipinski definition) is 9. The number of methoxy groups -OCH3 is 4. The fourth-order valence-corrected chi connectivity index (χ4v) is 5.89. The molecule has 0 unspecified atom stereocenters. The van der Waals surface area contributed by atoms with E-state index in [2.05, 4.69) is 34.8 Å². The Labute approximate surface area is 339 Å². The maximum absolute atomic E-state index is 12.9. The van der Waals surface area contributed by atoms with Gasteiger partial charge in [0.25, 0.3) is 11.8 Å². The van der Waals surface area contributed by atoms with Crippen LogP contribution in [0.2, 0.25) is 0 Å². The molecule has 0 atom stereocenters. The molecular formula is C45H51N5O8. The highest BCUT2D eigenvalue weighted by Crippen LogP contribution is 2.36. The van der Waals surface area contributed by atoms with Gasteiger partial charge in [0.2, 0.25) is 11.8 Å². The third kappa shape index (κ3) is 10.9. The minimum Gasteiger partial charge on any atom is -0.493 e. The molecule has 0 aliphatic rings. The van der Waals surface area contributed by atoms with Crippen LogP contribution in [-0.2, 0) is 20.4 Å². The molecule has 0 aliphatic heterocycles. The van der Waals surface area contributed by atoms with Crippen LogP contribution in [0.25, 0.3) is 11.1 Å². The van der Waals surface area contributed by atoms with Gasteiger partial charge in [0.05, 0.1) is 33.9 Å². The highest BCUT2D eigenvalue weighted by molar-refractivity contribution is 6.05. The van der Waals surface area contributed by atoms with E-state index in [9.17, 15) is 19.2 Å². The summed E-state index contributed by atoms with van der Waals surface area (Å²) in [5, 5.41) is 8.67. The molecule has 5 aromatic rings. The molecule has 5 rings (SSSR count). The Bertz CT molecular complexity index is 2240. The highest BCUT2D eigenvalue weighted by Gasteiger charge is 2.27. The first-order valence-corrected chi connectivity index (χ1v) is 18.3. The average molecular weight is 790 g/mol. The fraction of sp³-hybridized carbons (Fsp3) is 0.267. The lowest BCUT2D eigenvalue weighted by Crippen LogP contribution is -2.35. The standard InChI is InChI=1S/C26H29N3O4.C19H22N2O4/c1-17(30)28-16-26(2,3)22-10-9-20(14-21(22)19-7-6-12-27-15-19)29-25(31)18-8-11-23(32-4)24(13-18)33-5;1-19(2,18(20)23)13-6-8-14(9-7-13)21-17(22)12-5-10-15(24-3)16(11-12)25-4/h6-15H,16H2,1-5H3,(H,28,30)(H,29,31);5-11H,1-4H3,(H2,20,23)(H,21,22). The van der Waals surface area contributed by atoms with Gasteiger partial charge in [-0.3, -0.25) is 24.2 Å². The number of carbonyl (C=O) groups is 4. The molecule has 58 heavy (non-hydrogen) atoms. The van der Waals surface area contributed by atoms with Gasteiger partial charge in [-0.25, -0.2) is 0 Å². The first-order chi connectivity index (χ1) is 27.5. The number of carbonyl (C=O) groups excluding carboxylic acids is 4. The quantitative estimate of drug-likeness (QED) is 0.0909. The number of benzene rings is 4. The van der Waals surface area contributed by atoms with Gasteiger partial charge in [0.1, 0.15) is 0 Å². The minimum atomic E-state index is -0.772. The van der Waals surface area contributed by atoms with Crippen molar-refractivity contribution in [3.05, 3.63) is 126 Å². The van der Waals surface area contributed by atoms with Gasteiger partial charge < -0.3 is 40.6 Å². The molecule has 304 valence electrons. The van der Waals surface area contributed by atoms with Crippen molar-refractivity contribution in [1.29, 1.82) is 0 Å². The number of hydrogen-bond donors (Lipinski definition) is 4. The van der Waals surface area contributed by atoms with Gasteiger partial charge in [-0.05, 0) is 97.3 Å². The van der Waals surface area contributed by atoms with E-state index >= 15 is 0 Å². The molecule has 13 nitrogen and oxygen atoms in total. The summed E-state index contributed by atoms with van der Waals surface area (Å²) in [5.41, 5.74) is 10.1. The molecule has 0 bridgehead atoms. The van der Waals surface area contributed by atoms with Gasteiger partial charge in [0.15, 0.2) is 23.0 Å². The summed E-state index contributed by atoms with van der Waals surface area (Å²) in [4.78, 5) is 52.6. The number of primary amides is 1. The highest BCUT2D eigenvalue weighted by atomic mass is 16.5. The van der Waals surface area contributed by atoms with Crippen LogP contribution in [0, 0.1) is 0 Å². The molecule has 1 aromatic heterocycles. The largest absolute Gasteiger partial charge is 0.493 e. The van der Waals surface area contributed by atoms with Crippen LogP contribution in [0.4, 0.5) is 11.4 Å². The second-order valence-corrected chi connectivity index (χ2v) is 14.4. The molecule has 0 saturated heterocycles. The van der Waals surface area contributed by atoms with Crippen LogP contribution in [0.1, 0.15) is 66.5 Å². The molecule has 4 amide bonds. The Morgan fingerprint density at radius 1 is 0.655 bits per heavy atom. The first kappa shape index (κ1) is 43.8. The minimum absolute atomic E-state index is 0.0789. The number of ether oxygens (including phenoxy) is 4. The number of anilines is 2. The van der Waals surface area contributed by atoms with Crippen LogP contribution in [-0.4, -0.2) is 63.6 Å². The molecule has 0 fully saturated rings. The molecule has 0 saturated carbocycles. The Balaban J connectivity index is 0.000000267. The van der Waals surface area contributed by atoms with E-state index in [0.29, 0.717) is 52.0 Å². The summed E-state index contributed by atoms with van der Waals surface area (Å²) in [7, 11) is 6.12. The average Bonchev–Trinajstić information content (AvgIpc) is 3.22. The van der Waals surface area contributed by atoms with Crippen molar-refractivity contribution in [2.45, 2.75) is 45.4 Å². The van der Waals surface area contributed by atoms with Crippen molar-refractivity contribution in [2.75, 3.05) is 45.6 Å². The van der Waals surface area contributed by atoms with Gasteiger partial charge >= 0.3 is 0 Å². The van der Waals surface area contributed by atoms with Crippen LogP contribution in [0.3, 0.4) is 0 Å². The van der Waals surface area contributed by atoms with Crippen molar-refractivity contribution in [3.63, 3.8) is 0 Å². The summed E-state index contributed by atoms with van der Waals surface area (Å²) < 4.78 is 20.9. The predicted octanol–water partition coefficient (Wildman–Crippen LogP) is 7.15. The maximum Gasteiger partial charge on any atom is 0.255 e. The number of pyridine rings is 1. The van der Waals surface area contributed by atoms with E-state index < -0.39 is 11.3 Å². The SMILES string of the molecule is COc1ccc(C(=O)Nc2ccc(C(C)(C)C(N)=O)cc2)cc1OC.COc1ccc(C(=O)Nc2ccc(C(C)(C)CNC(C)=O)c(-c3cccnc3)c2)cc1OC. The maximum atomic E-state index is 12.9. The number of nitrogens with zero attached hydrogens (tertiary/aromatic N) is 1. The van der Waals surface area contributed by atoms with Crippen LogP contribution < -0.4 is 40.6 Å². The molecule has 5 N–H and O–H groups in total. The topological polar surface area (TPSA) is 180 Å². The smallest absolute Gasteiger partial charge is 0.255 e. The second-order valence-electron chi connectivity index (χ2n) is 14.4. The van der Waals surface area contributed by atoms with E-state index in [1.165, 1.54) is 28.3 Å². The van der Waals surface area contributed by atoms with Crippen molar-refractivity contribution >= 4 is 35.0 Å². The lowest BCUT2D eigenvalue weighted by atomic mass is 9.80. The van der Waals surface area contributed by atoms with Gasteiger partial charge in [-0.1, -0.05) is 38.1 Å². The summed E-state index contributed by atoms with van der Waals surface area (Å²) >= 11 is 0. The van der Waals surface area contributed by atoms with Crippen LogP contribution >= 0.6 is 0 Å². The molecular weight excluding hydrogens is 739 g/mol. The molecule has 0 aliphatic carbocycles. The third-order valence-corrected chi connectivity index (χ3v) is 9.53. The van der Waals surface area contributed by atoms with Gasteiger partial charge in [-0.2, -0.15) is 0 Å². The molecule has 4 aromatic carbocycles. The monoisotopic (exact) mass is 789 g/mol. The van der Waals surface area contributed by atoms with Crippen molar-refractivity contribution in [1.82, 2.24) is 10.3 Å². The molecule has 0 spiro atoms. The van der Waals surface area contributed by atoms with Crippen LogP contribution in [0.15, 0.2) is 103 Å². The first-order valence-electron chi connectivity index (χ1n) is 18.3. The molecule has 13 heteroatoms. The zero-order valence-corrected chi connectivity index (χ0v) is 34.3. The van der Waals surface area contributed by atoms with Crippen molar-refractivity contribution < 1.29 is 38.1 Å². The zero-order valence-electron chi connectivity index (χ0n) is 34.3. The predicted molar refractivity (Wildman–Crippen MR) is 225 cm³/mol. The lowest BCUT2D eigenvalue weighted by Gasteiger charge is -2.28. The summed E-state index contributed by atoms with van der Waals surface area (Å²) in [6.45, 7) is 9.64. The van der Waals surface area contributed by atoms with E-state index in [0.717, 1.165) is 22.3 Å². The van der Waals surface area contributed by atoms with E-state index in [-0.39, 0.29) is 23.1 Å². The lowest BCUT2D eigenvalue weighted by molar-refractivity contribution is -0.122. The summed E-state index contributed by atoms with van der Waals surface area (Å²) in [6, 6.07) is 26.6. The third-order valence-electron chi connectivity index (χ3n) is 9.53. The molecule has 0 radical (unpaired) electrons. The normalized spacial score (nSPS) is 10.9. The fourth-order valence-electron chi connectivity index (χ4n) is 5.89. The van der Waals surface area contributed by atoms with E-state index in [1.54, 1.807) is 94.0 Å². The van der Waals surface area contributed by atoms with Crippen LogP contribution in [0.5, 0.6) is 23.0 Å². The van der Waals surface area contributed by atoms with Gasteiger partial charge in [-0.15, -0.1) is 0 Å². The zero-order chi connectivity index (χ0) is 42.6.